The molecule has 10 heteroatoms. The van der Waals surface area contributed by atoms with Crippen molar-refractivity contribution < 1.29 is 17.6 Å². The van der Waals surface area contributed by atoms with Crippen LogP contribution in [0.25, 0.3) is 11.5 Å². The van der Waals surface area contributed by atoms with Gasteiger partial charge < -0.3 is 4.42 Å². The van der Waals surface area contributed by atoms with Gasteiger partial charge in [-0.2, -0.15) is 4.31 Å². The van der Waals surface area contributed by atoms with Gasteiger partial charge in [0, 0.05) is 29.6 Å². The Labute approximate surface area is 197 Å². The van der Waals surface area contributed by atoms with Crippen molar-refractivity contribution in [3.8, 4) is 11.5 Å². The molecule has 2 aliphatic rings. The standard InChI is InChI=1S/C23H23ClN4O4S/c24-19-7-4-17(5-8-19)22-26-27-23(32-22)25-21(29)16-10-12-28(13-11-16)33(30,31)20-9-6-15-2-1-3-18(15)14-20/h4-9,14,16H,1-3,10-13H2,(H,25,27,29). The van der Waals surface area contributed by atoms with Crippen molar-refractivity contribution in [3.63, 3.8) is 0 Å². The molecule has 1 amide bonds. The van der Waals surface area contributed by atoms with Gasteiger partial charge in [0.2, 0.25) is 21.8 Å². The molecule has 0 radical (unpaired) electrons. The first kappa shape index (κ1) is 22.1. The summed E-state index contributed by atoms with van der Waals surface area (Å²) in [6, 6.07) is 12.4. The molecule has 2 heterocycles. The maximum absolute atomic E-state index is 13.1. The summed E-state index contributed by atoms with van der Waals surface area (Å²) in [5.41, 5.74) is 3.06. The third kappa shape index (κ3) is 4.53. The molecule has 0 bridgehead atoms. The van der Waals surface area contributed by atoms with E-state index >= 15 is 0 Å². The Morgan fingerprint density at radius 1 is 1.03 bits per heavy atom. The minimum Gasteiger partial charge on any atom is -0.403 e. The summed E-state index contributed by atoms with van der Waals surface area (Å²) in [6.07, 6.45) is 3.86. The van der Waals surface area contributed by atoms with Crippen molar-refractivity contribution in [2.24, 2.45) is 5.92 Å². The molecule has 3 aromatic rings. The highest BCUT2D eigenvalue weighted by atomic mass is 35.5. The zero-order chi connectivity index (χ0) is 23.0. The fourth-order valence-electron chi connectivity index (χ4n) is 4.41. The number of nitrogens with zero attached hydrogens (tertiary/aromatic N) is 3. The maximum atomic E-state index is 13.1. The van der Waals surface area contributed by atoms with Crippen molar-refractivity contribution in [2.75, 3.05) is 18.4 Å². The smallest absolute Gasteiger partial charge is 0.322 e. The van der Waals surface area contributed by atoms with E-state index in [0.29, 0.717) is 28.3 Å². The van der Waals surface area contributed by atoms with E-state index in [2.05, 4.69) is 15.5 Å². The number of halogens is 1. The largest absolute Gasteiger partial charge is 0.403 e. The van der Waals surface area contributed by atoms with Gasteiger partial charge in [0.1, 0.15) is 0 Å². The summed E-state index contributed by atoms with van der Waals surface area (Å²) < 4.78 is 33.2. The minimum absolute atomic E-state index is 0.0122. The number of rotatable bonds is 5. The van der Waals surface area contributed by atoms with Crippen LogP contribution in [-0.4, -0.2) is 41.9 Å². The van der Waals surface area contributed by atoms with Crippen LogP contribution < -0.4 is 5.32 Å². The van der Waals surface area contributed by atoms with Gasteiger partial charge in [-0.25, -0.2) is 8.42 Å². The van der Waals surface area contributed by atoms with Crippen molar-refractivity contribution in [3.05, 3.63) is 58.6 Å². The van der Waals surface area contributed by atoms with E-state index in [1.165, 1.54) is 9.87 Å². The SMILES string of the molecule is O=C(Nc1nnc(-c2ccc(Cl)cc2)o1)C1CCN(S(=O)(=O)c2ccc3c(c2)CCC3)CC1. The predicted octanol–water partition coefficient (Wildman–Crippen LogP) is 3.92. The van der Waals surface area contributed by atoms with Gasteiger partial charge in [-0.05, 0) is 79.6 Å². The monoisotopic (exact) mass is 486 g/mol. The van der Waals surface area contributed by atoms with E-state index in [-0.39, 0.29) is 36.8 Å². The topological polar surface area (TPSA) is 105 Å². The molecule has 0 spiro atoms. The number of carbonyl (C=O) groups is 1. The van der Waals surface area contributed by atoms with Gasteiger partial charge in [0.05, 0.1) is 4.90 Å². The first-order valence-corrected chi connectivity index (χ1v) is 12.7. The van der Waals surface area contributed by atoms with Crippen molar-refractivity contribution in [1.29, 1.82) is 0 Å². The average Bonchev–Trinajstić information content (AvgIpc) is 3.48. The van der Waals surface area contributed by atoms with Crippen LogP contribution in [0.2, 0.25) is 5.02 Å². The van der Waals surface area contributed by atoms with Gasteiger partial charge in [0.25, 0.3) is 0 Å². The van der Waals surface area contributed by atoms with E-state index < -0.39 is 10.0 Å². The number of benzene rings is 2. The summed E-state index contributed by atoms with van der Waals surface area (Å²) in [7, 11) is -3.57. The minimum atomic E-state index is -3.57. The lowest BCUT2D eigenvalue weighted by molar-refractivity contribution is -0.121. The van der Waals surface area contributed by atoms with E-state index in [1.54, 1.807) is 30.3 Å². The van der Waals surface area contributed by atoms with Crippen LogP contribution >= 0.6 is 11.6 Å². The molecular formula is C23H23ClN4O4S. The zero-order valence-electron chi connectivity index (χ0n) is 17.8. The van der Waals surface area contributed by atoms with Crippen LogP contribution in [0.5, 0.6) is 0 Å². The highest BCUT2D eigenvalue weighted by Gasteiger charge is 2.33. The number of sulfonamides is 1. The highest BCUT2D eigenvalue weighted by Crippen LogP contribution is 2.29. The van der Waals surface area contributed by atoms with Crippen LogP contribution in [0.15, 0.2) is 51.8 Å². The molecule has 1 fully saturated rings. The Balaban J connectivity index is 1.20. The Hall–Kier alpha value is -2.75. The molecule has 0 unspecified atom stereocenters. The maximum Gasteiger partial charge on any atom is 0.322 e. The average molecular weight is 487 g/mol. The van der Waals surface area contributed by atoms with Crippen LogP contribution in [0, 0.1) is 5.92 Å². The van der Waals surface area contributed by atoms with Crippen LogP contribution in [0.4, 0.5) is 6.01 Å². The van der Waals surface area contributed by atoms with Gasteiger partial charge in [0.15, 0.2) is 0 Å². The fourth-order valence-corrected chi connectivity index (χ4v) is 6.05. The van der Waals surface area contributed by atoms with Gasteiger partial charge in [-0.3, -0.25) is 10.1 Å². The number of anilines is 1. The van der Waals surface area contributed by atoms with Gasteiger partial charge in [-0.1, -0.05) is 22.8 Å². The molecular weight excluding hydrogens is 464 g/mol. The van der Waals surface area contributed by atoms with Gasteiger partial charge >= 0.3 is 6.01 Å². The van der Waals surface area contributed by atoms with Crippen molar-refractivity contribution >= 4 is 33.5 Å². The molecule has 8 nitrogen and oxygen atoms in total. The molecule has 1 saturated heterocycles. The highest BCUT2D eigenvalue weighted by molar-refractivity contribution is 7.89. The molecule has 1 N–H and O–H groups in total. The molecule has 33 heavy (non-hydrogen) atoms. The van der Waals surface area contributed by atoms with E-state index in [1.807, 2.05) is 12.1 Å². The molecule has 1 aromatic heterocycles. The Kier molecular flexibility index (Phi) is 5.94. The molecule has 172 valence electrons. The normalized spacial score (nSPS) is 17.1. The number of piperidine rings is 1. The van der Waals surface area contributed by atoms with Crippen LogP contribution in [0.3, 0.4) is 0 Å². The predicted molar refractivity (Wildman–Crippen MR) is 123 cm³/mol. The number of hydrogen-bond donors (Lipinski definition) is 1. The second-order valence-electron chi connectivity index (χ2n) is 8.37. The zero-order valence-corrected chi connectivity index (χ0v) is 19.4. The summed E-state index contributed by atoms with van der Waals surface area (Å²) in [4.78, 5) is 13.0. The Bertz CT molecular complexity index is 1280. The molecule has 1 aliphatic carbocycles. The summed E-state index contributed by atoms with van der Waals surface area (Å²) in [5.74, 6) is -0.310. The summed E-state index contributed by atoms with van der Waals surface area (Å²) >= 11 is 5.89. The number of carbonyl (C=O) groups excluding carboxylic acids is 1. The third-order valence-corrected chi connectivity index (χ3v) is 8.43. The van der Waals surface area contributed by atoms with Crippen molar-refractivity contribution in [1.82, 2.24) is 14.5 Å². The van der Waals surface area contributed by atoms with E-state index in [0.717, 1.165) is 24.8 Å². The molecule has 2 aromatic carbocycles. The number of aryl methyl sites for hydroxylation is 2. The number of aromatic nitrogens is 2. The molecule has 0 saturated carbocycles. The van der Waals surface area contributed by atoms with E-state index in [9.17, 15) is 13.2 Å². The first-order chi connectivity index (χ1) is 15.9. The molecule has 5 rings (SSSR count). The fraction of sp³-hybridized carbons (Fsp3) is 0.348. The van der Waals surface area contributed by atoms with E-state index in [4.69, 9.17) is 16.0 Å². The molecule has 1 aliphatic heterocycles. The van der Waals surface area contributed by atoms with Crippen molar-refractivity contribution in [2.45, 2.75) is 37.0 Å². The number of fused-ring (bicyclic) bond motifs is 1. The quantitative estimate of drug-likeness (QED) is 0.586. The first-order valence-electron chi connectivity index (χ1n) is 10.9. The second-order valence-corrected chi connectivity index (χ2v) is 10.7. The summed E-state index contributed by atoms with van der Waals surface area (Å²) in [6.45, 7) is 0.578. The Morgan fingerprint density at radius 3 is 2.52 bits per heavy atom. The lowest BCUT2D eigenvalue weighted by atomic mass is 9.97. The number of amides is 1. The lowest BCUT2D eigenvalue weighted by Crippen LogP contribution is -2.41. The second kappa shape index (κ2) is 8.89. The van der Waals surface area contributed by atoms with Gasteiger partial charge in [-0.15, -0.1) is 5.10 Å². The Morgan fingerprint density at radius 2 is 1.76 bits per heavy atom. The summed E-state index contributed by atoms with van der Waals surface area (Å²) in [5, 5.41) is 11.1. The number of hydrogen-bond acceptors (Lipinski definition) is 6. The third-order valence-electron chi connectivity index (χ3n) is 6.28. The van der Waals surface area contributed by atoms with Crippen LogP contribution in [-0.2, 0) is 27.7 Å². The van der Waals surface area contributed by atoms with Crippen LogP contribution in [0.1, 0.15) is 30.4 Å². The number of nitrogens with one attached hydrogen (secondary N) is 1. The molecule has 0 atom stereocenters. The lowest BCUT2D eigenvalue weighted by Gasteiger charge is -2.30.